The van der Waals surface area contributed by atoms with E-state index in [0.29, 0.717) is 18.6 Å². The van der Waals surface area contributed by atoms with Crippen molar-refractivity contribution in [1.29, 1.82) is 0 Å². The summed E-state index contributed by atoms with van der Waals surface area (Å²) in [4.78, 5) is 21.1. The summed E-state index contributed by atoms with van der Waals surface area (Å²) in [6.45, 7) is 10.1. The molecular formula is C30H37N3O5. The molecule has 3 heterocycles. The number of likely N-dealkylation sites (N-methyl/N-ethyl adjacent to an activating group) is 1. The van der Waals surface area contributed by atoms with Gasteiger partial charge in [-0.3, -0.25) is 0 Å². The van der Waals surface area contributed by atoms with Gasteiger partial charge in [0, 0.05) is 48.3 Å². The van der Waals surface area contributed by atoms with E-state index in [4.69, 9.17) is 23.9 Å². The lowest BCUT2D eigenvalue weighted by atomic mass is 9.85. The van der Waals surface area contributed by atoms with Crippen LogP contribution in [0.1, 0.15) is 27.2 Å². The molecule has 1 amide bonds. The fourth-order valence-electron chi connectivity index (χ4n) is 4.95. The molecule has 2 saturated heterocycles. The van der Waals surface area contributed by atoms with Crippen LogP contribution in [0.25, 0.3) is 22.2 Å². The van der Waals surface area contributed by atoms with Gasteiger partial charge in [0.15, 0.2) is 0 Å². The SMILES string of the molecule is COc1ccc2c(N3CCC4(COC4)C3)cc(-c3ccc(OCCN(C)C(=O)OC(C)(C)C)cc3)nc2c1. The van der Waals surface area contributed by atoms with Gasteiger partial charge in [-0.05, 0) is 69.7 Å². The lowest BCUT2D eigenvalue weighted by Gasteiger charge is -2.38. The van der Waals surface area contributed by atoms with Crippen LogP contribution in [0.15, 0.2) is 48.5 Å². The number of ether oxygens (including phenoxy) is 4. The molecular weight excluding hydrogens is 482 g/mol. The summed E-state index contributed by atoms with van der Waals surface area (Å²) in [5, 5.41) is 1.13. The number of carbonyl (C=O) groups excluding carboxylic acids is 1. The maximum atomic E-state index is 12.1. The van der Waals surface area contributed by atoms with Gasteiger partial charge in [-0.15, -0.1) is 0 Å². The monoisotopic (exact) mass is 519 g/mol. The van der Waals surface area contributed by atoms with Crippen molar-refractivity contribution in [1.82, 2.24) is 9.88 Å². The number of nitrogens with zero attached hydrogens (tertiary/aromatic N) is 3. The summed E-state index contributed by atoms with van der Waals surface area (Å²) in [5.74, 6) is 1.53. The van der Waals surface area contributed by atoms with Crippen LogP contribution in [0.3, 0.4) is 0 Å². The number of carbonyl (C=O) groups is 1. The zero-order valence-corrected chi connectivity index (χ0v) is 23.0. The molecule has 0 saturated carbocycles. The highest BCUT2D eigenvalue weighted by Gasteiger charge is 2.44. The minimum atomic E-state index is -0.522. The number of rotatable bonds is 7. The highest BCUT2D eigenvalue weighted by molar-refractivity contribution is 5.95. The zero-order chi connectivity index (χ0) is 26.9. The van der Waals surface area contributed by atoms with Crippen molar-refractivity contribution >= 4 is 22.7 Å². The molecule has 0 radical (unpaired) electrons. The molecule has 2 fully saturated rings. The van der Waals surface area contributed by atoms with Crippen molar-refractivity contribution in [2.24, 2.45) is 5.41 Å². The molecule has 1 spiro atoms. The van der Waals surface area contributed by atoms with Gasteiger partial charge in [-0.1, -0.05) is 0 Å². The first-order valence-corrected chi connectivity index (χ1v) is 13.1. The maximum absolute atomic E-state index is 12.1. The first-order valence-electron chi connectivity index (χ1n) is 13.1. The summed E-state index contributed by atoms with van der Waals surface area (Å²) < 4.78 is 22.3. The van der Waals surface area contributed by atoms with Gasteiger partial charge in [0.05, 0.1) is 38.1 Å². The summed E-state index contributed by atoms with van der Waals surface area (Å²) in [6, 6.07) is 16.2. The Kier molecular flexibility index (Phi) is 7.09. The number of pyridine rings is 1. The van der Waals surface area contributed by atoms with Crippen LogP contribution in [-0.2, 0) is 9.47 Å². The first kappa shape index (κ1) is 26.1. The quantitative estimate of drug-likeness (QED) is 0.415. The molecule has 1 aromatic heterocycles. The fourth-order valence-corrected chi connectivity index (χ4v) is 4.95. The molecule has 8 heteroatoms. The lowest BCUT2D eigenvalue weighted by molar-refractivity contribution is -0.0985. The first-order chi connectivity index (χ1) is 18.1. The largest absolute Gasteiger partial charge is 0.497 e. The van der Waals surface area contributed by atoms with Gasteiger partial charge >= 0.3 is 6.09 Å². The van der Waals surface area contributed by atoms with Crippen molar-refractivity contribution in [2.45, 2.75) is 32.8 Å². The van der Waals surface area contributed by atoms with E-state index in [0.717, 1.165) is 66.4 Å². The van der Waals surface area contributed by atoms with Gasteiger partial charge < -0.3 is 28.7 Å². The highest BCUT2D eigenvalue weighted by Crippen LogP contribution is 2.42. The van der Waals surface area contributed by atoms with Gasteiger partial charge in [-0.2, -0.15) is 0 Å². The van der Waals surface area contributed by atoms with Crippen molar-refractivity contribution in [3.8, 4) is 22.8 Å². The molecule has 0 aliphatic carbocycles. The molecule has 3 aromatic rings. The number of hydrogen-bond donors (Lipinski definition) is 0. The standard InChI is InChI=1S/C30H37N3O5/c1-29(2,3)38-28(34)32(4)14-15-37-22-8-6-21(7-9-22)25-17-27(33-13-12-30(18-33)19-36-20-30)24-11-10-23(35-5)16-26(24)31-25/h6-11,16-17H,12-15,18-20H2,1-5H3. The molecule has 2 aromatic carbocycles. The highest BCUT2D eigenvalue weighted by atomic mass is 16.6. The molecule has 2 aliphatic heterocycles. The van der Waals surface area contributed by atoms with Crippen LogP contribution in [0, 0.1) is 5.41 Å². The number of benzene rings is 2. The summed E-state index contributed by atoms with van der Waals surface area (Å²) >= 11 is 0. The van der Waals surface area contributed by atoms with E-state index < -0.39 is 5.60 Å². The Morgan fingerprint density at radius 2 is 1.84 bits per heavy atom. The molecule has 0 unspecified atom stereocenters. The summed E-state index contributed by atoms with van der Waals surface area (Å²) in [5.41, 5.74) is 3.79. The molecule has 5 rings (SSSR count). The second-order valence-corrected chi connectivity index (χ2v) is 11.3. The predicted octanol–water partition coefficient (Wildman–Crippen LogP) is 5.38. The smallest absolute Gasteiger partial charge is 0.410 e. The molecule has 8 nitrogen and oxygen atoms in total. The molecule has 2 aliphatic rings. The lowest BCUT2D eigenvalue weighted by Crippen LogP contribution is -2.44. The third-order valence-corrected chi connectivity index (χ3v) is 7.14. The maximum Gasteiger partial charge on any atom is 0.410 e. The predicted molar refractivity (Wildman–Crippen MR) is 148 cm³/mol. The van der Waals surface area contributed by atoms with Crippen LogP contribution in [0.4, 0.5) is 10.5 Å². The number of methoxy groups -OCH3 is 1. The summed E-state index contributed by atoms with van der Waals surface area (Å²) in [7, 11) is 3.38. The van der Waals surface area contributed by atoms with Crippen LogP contribution < -0.4 is 14.4 Å². The summed E-state index contributed by atoms with van der Waals surface area (Å²) in [6.07, 6.45) is 0.789. The van der Waals surface area contributed by atoms with Crippen LogP contribution in [-0.4, -0.2) is 75.2 Å². The van der Waals surface area contributed by atoms with E-state index in [9.17, 15) is 4.79 Å². The average molecular weight is 520 g/mol. The normalized spacial score (nSPS) is 16.4. The zero-order valence-electron chi connectivity index (χ0n) is 23.0. The Morgan fingerprint density at radius 3 is 2.47 bits per heavy atom. The minimum absolute atomic E-state index is 0.290. The van der Waals surface area contributed by atoms with Crippen LogP contribution >= 0.6 is 0 Å². The van der Waals surface area contributed by atoms with Crippen molar-refractivity contribution in [3.05, 3.63) is 48.5 Å². The third-order valence-electron chi connectivity index (χ3n) is 7.14. The van der Waals surface area contributed by atoms with Crippen LogP contribution in [0.2, 0.25) is 0 Å². The number of aromatic nitrogens is 1. The van der Waals surface area contributed by atoms with Crippen molar-refractivity contribution in [3.63, 3.8) is 0 Å². The topological polar surface area (TPSA) is 73.4 Å². The van der Waals surface area contributed by atoms with Crippen molar-refractivity contribution in [2.75, 3.05) is 58.5 Å². The van der Waals surface area contributed by atoms with E-state index in [1.165, 1.54) is 10.6 Å². The van der Waals surface area contributed by atoms with E-state index >= 15 is 0 Å². The Hall–Kier alpha value is -3.52. The number of hydrogen-bond acceptors (Lipinski definition) is 7. The second-order valence-electron chi connectivity index (χ2n) is 11.3. The fraction of sp³-hybridized carbons (Fsp3) is 0.467. The Labute approximate surface area is 224 Å². The van der Waals surface area contributed by atoms with Gasteiger partial charge in [0.25, 0.3) is 0 Å². The number of amides is 1. The average Bonchev–Trinajstić information content (AvgIpc) is 3.33. The van der Waals surface area contributed by atoms with Crippen molar-refractivity contribution < 1.29 is 23.7 Å². The van der Waals surface area contributed by atoms with Gasteiger partial charge in [0.2, 0.25) is 0 Å². The van der Waals surface area contributed by atoms with E-state index in [2.05, 4.69) is 17.0 Å². The number of fused-ring (bicyclic) bond motifs is 1. The van der Waals surface area contributed by atoms with E-state index in [1.54, 1.807) is 14.2 Å². The Balaban J connectivity index is 1.32. The molecule has 0 N–H and O–H groups in total. The second kappa shape index (κ2) is 10.3. The molecule has 0 bridgehead atoms. The minimum Gasteiger partial charge on any atom is -0.497 e. The Bertz CT molecular complexity index is 1300. The molecule has 0 atom stereocenters. The van der Waals surface area contributed by atoms with Crippen LogP contribution in [0.5, 0.6) is 11.5 Å². The Morgan fingerprint density at radius 1 is 1.11 bits per heavy atom. The molecule has 202 valence electrons. The van der Waals surface area contributed by atoms with Gasteiger partial charge in [-0.25, -0.2) is 9.78 Å². The third kappa shape index (κ3) is 5.65. The number of anilines is 1. The van der Waals surface area contributed by atoms with E-state index in [1.807, 2.05) is 57.2 Å². The van der Waals surface area contributed by atoms with Gasteiger partial charge in [0.1, 0.15) is 23.7 Å². The van der Waals surface area contributed by atoms with E-state index in [-0.39, 0.29) is 6.09 Å². The molecule has 38 heavy (non-hydrogen) atoms.